The van der Waals surface area contributed by atoms with Gasteiger partial charge in [0.25, 0.3) is 6.29 Å². The van der Waals surface area contributed by atoms with Gasteiger partial charge in [-0.1, -0.05) is 6.58 Å². The molecule has 0 spiro atoms. The Balaban J connectivity index is 2.16. The minimum Gasteiger partial charge on any atom is -0.451 e. The first-order valence-corrected chi connectivity index (χ1v) is 4.87. The van der Waals surface area contributed by atoms with Crippen molar-refractivity contribution in [2.45, 2.75) is 20.1 Å². The van der Waals surface area contributed by atoms with Crippen molar-refractivity contribution in [2.24, 2.45) is 0 Å². The molecular formula is C12H12O4. The average Bonchev–Trinajstić information content (AvgIpc) is 2.43. The fraction of sp³-hybridized carbons (Fsp3) is 0.250. The lowest BCUT2D eigenvalue weighted by Gasteiger charge is -2.12. The van der Waals surface area contributed by atoms with Crippen LogP contribution in [0.4, 0.5) is 0 Å². The molecular weight excluding hydrogens is 208 g/mol. The Labute approximate surface area is 92.8 Å². The van der Waals surface area contributed by atoms with Crippen LogP contribution in [0.25, 0.3) is 0 Å². The lowest BCUT2D eigenvalue weighted by molar-refractivity contribution is 0.0103. The van der Waals surface area contributed by atoms with E-state index in [1.165, 1.54) is 6.07 Å². The Morgan fingerprint density at radius 1 is 1.38 bits per heavy atom. The van der Waals surface area contributed by atoms with Crippen LogP contribution in [0.2, 0.25) is 0 Å². The molecule has 0 saturated carbocycles. The molecule has 2 heterocycles. The predicted molar refractivity (Wildman–Crippen MR) is 58.1 cm³/mol. The van der Waals surface area contributed by atoms with Crippen molar-refractivity contribution in [3.63, 3.8) is 0 Å². The Morgan fingerprint density at radius 2 is 2.12 bits per heavy atom. The second kappa shape index (κ2) is 3.89. The van der Waals surface area contributed by atoms with Crippen LogP contribution in [0.1, 0.15) is 12.7 Å². The molecule has 0 N–H and O–H groups in total. The van der Waals surface area contributed by atoms with Crippen molar-refractivity contribution in [1.29, 1.82) is 0 Å². The molecule has 4 heteroatoms. The zero-order chi connectivity index (χ0) is 11.7. The molecule has 16 heavy (non-hydrogen) atoms. The van der Waals surface area contributed by atoms with Crippen LogP contribution >= 0.6 is 0 Å². The van der Waals surface area contributed by atoms with Gasteiger partial charge in [0, 0.05) is 12.1 Å². The first-order chi connectivity index (χ1) is 7.54. The van der Waals surface area contributed by atoms with Crippen LogP contribution in [-0.4, -0.2) is 6.29 Å². The Bertz CT molecular complexity index is 510. The summed E-state index contributed by atoms with van der Waals surface area (Å²) >= 11 is 0. The third-order valence-corrected chi connectivity index (χ3v) is 2.20. The maximum Gasteiger partial charge on any atom is 0.339 e. The van der Waals surface area contributed by atoms with Gasteiger partial charge in [-0.3, -0.25) is 0 Å². The third-order valence-electron chi connectivity index (χ3n) is 2.20. The molecule has 0 saturated heterocycles. The SMILES string of the molecule is C=C1OC(Oc2cc(C)oc(=O)c2)C=C1C. The van der Waals surface area contributed by atoms with Gasteiger partial charge in [-0.05, 0) is 19.4 Å². The molecule has 0 bridgehead atoms. The third kappa shape index (κ3) is 2.16. The molecule has 2 rings (SSSR count). The standard InChI is InChI=1S/C12H12O4/c1-7-4-12(15-9(7)3)16-10-5-8(2)14-11(13)6-10/h4-6,12H,3H2,1-2H3. The van der Waals surface area contributed by atoms with Gasteiger partial charge in [0.05, 0.1) is 6.07 Å². The maximum absolute atomic E-state index is 11.1. The lowest BCUT2D eigenvalue weighted by Crippen LogP contribution is -2.14. The number of hydrogen-bond acceptors (Lipinski definition) is 4. The highest BCUT2D eigenvalue weighted by Gasteiger charge is 2.19. The zero-order valence-electron chi connectivity index (χ0n) is 9.15. The molecule has 1 aliphatic rings. The fourth-order valence-corrected chi connectivity index (χ4v) is 1.40. The maximum atomic E-state index is 11.1. The molecule has 1 unspecified atom stereocenters. The number of allylic oxidation sites excluding steroid dienone is 1. The minimum absolute atomic E-state index is 0.428. The summed E-state index contributed by atoms with van der Waals surface area (Å²) in [5.74, 6) is 1.52. The summed E-state index contributed by atoms with van der Waals surface area (Å²) in [4.78, 5) is 11.1. The van der Waals surface area contributed by atoms with E-state index in [9.17, 15) is 4.79 Å². The summed E-state index contributed by atoms with van der Waals surface area (Å²) in [6, 6.07) is 2.91. The van der Waals surface area contributed by atoms with Crippen molar-refractivity contribution in [3.8, 4) is 5.75 Å². The highest BCUT2D eigenvalue weighted by Crippen LogP contribution is 2.23. The van der Waals surface area contributed by atoms with Gasteiger partial charge in [-0.2, -0.15) is 0 Å². The number of rotatable bonds is 2. The van der Waals surface area contributed by atoms with Gasteiger partial charge in [-0.15, -0.1) is 0 Å². The fourth-order valence-electron chi connectivity index (χ4n) is 1.40. The summed E-state index contributed by atoms with van der Waals surface area (Å²) in [6.45, 7) is 7.28. The highest BCUT2D eigenvalue weighted by atomic mass is 16.7. The van der Waals surface area contributed by atoms with E-state index in [-0.39, 0.29) is 0 Å². The summed E-state index contributed by atoms with van der Waals surface area (Å²) in [6.07, 6.45) is 1.28. The zero-order valence-corrected chi connectivity index (χ0v) is 9.15. The molecule has 4 nitrogen and oxygen atoms in total. The smallest absolute Gasteiger partial charge is 0.339 e. The van der Waals surface area contributed by atoms with Crippen molar-refractivity contribution in [2.75, 3.05) is 0 Å². The normalized spacial score (nSPS) is 19.2. The van der Waals surface area contributed by atoms with Crippen LogP contribution in [0, 0.1) is 6.92 Å². The van der Waals surface area contributed by atoms with Crippen LogP contribution in [0.15, 0.2) is 45.3 Å². The predicted octanol–water partition coefficient (Wildman–Crippen LogP) is 2.14. The summed E-state index contributed by atoms with van der Waals surface area (Å²) in [5, 5.41) is 0. The van der Waals surface area contributed by atoms with E-state index in [0.717, 1.165) is 5.57 Å². The molecule has 0 aliphatic carbocycles. The van der Waals surface area contributed by atoms with E-state index in [1.807, 2.05) is 6.92 Å². The van der Waals surface area contributed by atoms with Gasteiger partial charge in [0.1, 0.15) is 17.3 Å². The van der Waals surface area contributed by atoms with E-state index in [0.29, 0.717) is 17.3 Å². The number of aryl methyl sites for hydroxylation is 1. The molecule has 1 aromatic rings. The minimum atomic E-state index is -0.520. The lowest BCUT2D eigenvalue weighted by atomic mass is 10.3. The Morgan fingerprint density at radius 3 is 2.69 bits per heavy atom. The number of hydrogen-bond donors (Lipinski definition) is 0. The highest BCUT2D eigenvalue weighted by molar-refractivity contribution is 5.28. The molecule has 84 valence electrons. The monoisotopic (exact) mass is 220 g/mol. The molecule has 1 atom stereocenters. The van der Waals surface area contributed by atoms with E-state index < -0.39 is 11.9 Å². The quantitative estimate of drug-likeness (QED) is 0.766. The Kier molecular flexibility index (Phi) is 2.56. The largest absolute Gasteiger partial charge is 0.451 e. The second-order valence-electron chi connectivity index (χ2n) is 3.60. The molecule has 0 radical (unpaired) electrons. The van der Waals surface area contributed by atoms with Gasteiger partial charge in [0.2, 0.25) is 0 Å². The molecule has 1 aromatic heterocycles. The average molecular weight is 220 g/mol. The van der Waals surface area contributed by atoms with Crippen LogP contribution in [0.3, 0.4) is 0 Å². The summed E-state index contributed by atoms with van der Waals surface area (Å²) in [7, 11) is 0. The van der Waals surface area contributed by atoms with Gasteiger partial charge < -0.3 is 13.9 Å². The molecule has 1 aliphatic heterocycles. The molecule has 0 aromatic carbocycles. The van der Waals surface area contributed by atoms with Crippen LogP contribution in [-0.2, 0) is 4.74 Å². The van der Waals surface area contributed by atoms with E-state index in [1.54, 1.807) is 19.1 Å². The first kappa shape index (κ1) is 10.5. The van der Waals surface area contributed by atoms with E-state index >= 15 is 0 Å². The van der Waals surface area contributed by atoms with Crippen molar-refractivity contribution in [3.05, 3.63) is 52.3 Å². The molecule has 0 fully saturated rings. The molecule has 0 amide bonds. The van der Waals surface area contributed by atoms with Gasteiger partial charge >= 0.3 is 5.63 Å². The second-order valence-corrected chi connectivity index (χ2v) is 3.60. The van der Waals surface area contributed by atoms with Gasteiger partial charge in [-0.25, -0.2) is 4.79 Å². The van der Waals surface area contributed by atoms with Crippen molar-refractivity contribution < 1.29 is 13.9 Å². The number of ether oxygens (including phenoxy) is 2. The van der Waals surface area contributed by atoms with Crippen molar-refractivity contribution in [1.82, 2.24) is 0 Å². The van der Waals surface area contributed by atoms with Crippen LogP contribution < -0.4 is 10.4 Å². The van der Waals surface area contributed by atoms with E-state index in [2.05, 4.69) is 6.58 Å². The van der Waals surface area contributed by atoms with Crippen molar-refractivity contribution >= 4 is 0 Å². The first-order valence-electron chi connectivity index (χ1n) is 4.87. The van der Waals surface area contributed by atoms with E-state index in [4.69, 9.17) is 13.9 Å². The van der Waals surface area contributed by atoms with Gasteiger partial charge in [0.15, 0.2) is 0 Å². The topological polar surface area (TPSA) is 48.7 Å². The summed E-state index contributed by atoms with van der Waals surface area (Å²) < 4.78 is 15.6. The van der Waals surface area contributed by atoms with Crippen LogP contribution in [0.5, 0.6) is 5.75 Å². The Hall–Kier alpha value is -1.97. The summed E-state index contributed by atoms with van der Waals surface area (Å²) in [5.41, 5.74) is 0.497.